The van der Waals surface area contributed by atoms with Crippen LogP contribution < -0.4 is 0 Å². The lowest BCUT2D eigenvalue weighted by Gasteiger charge is -2.08. The van der Waals surface area contributed by atoms with Gasteiger partial charge in [0, 0.05) is 14.5 Å². The van der Waals surface area contributed by atoms with E-state index in [0.29, 0.717) is 20.8 Å². The Morgan fingerprint density at radius 3 is 2.67 bits per heavy atom. The molecule has 0 spiro atoms. The summed E-state index contributed by atoms with van der Waals surface area (Å²) in [5.74, 6) is -0.507. The lowest BCUT2D eigenvalue weighted by atomic mass is 10.1. The summed E-state index contributed by atoms with van der Waals surface area (Å²) in [6.07, 6.45) is 0.628. The molecule has 15 heavy (non-hydrogen) atoms. The average molecular weight is 336 g/mol. The highest BCUT2D eigenvalue weighted by Gasteiger charge is 2.18. The minimum atomic E-state index is -0.507. The first-order chi connectivity index (χ1) is 7.11. The Balaban J connectivity index is 3.29. The second-order valence-corrected chi connectivity index (χ2v) is 4.31. The Bertz CT molecular complexity index is 402. The number of carbonyl (C=O) groups excluding carboxylic acids is 2. The van der Waals surface area contributed by atoms with Crippen LogP contribution in [-0.2, 0) is 4.74 Å². The molecular weight excluding hydrogens is 328 g/mol. The van der Waals surface area contributed by atoms with Crippen molar-refractivity contribution in [3.05, 3.63) is 32.2 Å². The highest BCUT2D eigenvalue weighted by atomic mass is 79.9. The molecule has 3 nitrogen and oxygen atoms in total. The largest absolute Gasteiger partial charge is 0.462 e. The Morgan fingerprint density at radius 1 is 1.47 bits per heavy atom. The van der Waals surface area contributed by atoms with Gasteiger partial charge in [0.15, 0.2) is 6.29 Å². The molecular formula is C10H8Br2O3. The topological polar surface area (TPSA) is 43.4 Å². The van der Waals surface area contributed by atoms with Gasteiger partial charge in [0.1, 0.15) is 0 Å². The first-order valence-corrected chi connectivity index (χ1v) is 5.80. The fraction of sp³-hybridized carbons (Fsp3) is 0.200. The molecule has 0 unspecified atom stereocenters. The van der Waals surface area contributed by atoms with Crippen molar-refractivity contribution in [3.63, 3.8) is 0 Å². The van der Waals surface area contributed by atoms with Gasteiger partial charge in [-0.25, -0.2) is 4.79 Å². The molecule has 0 atom stereocenters. The molecule has 0 bridgehead atoms. The van der Waals surface area contributed by atoms with Crippen molar-refractivity contribution in [3.8, 4) is 0 Å². The van der Waals surface area contributed by atoms with Crippen molar-refractivity contribution >= 4 is 44.1 Å². The second kappa shape index (κ2) is 5.42. The maximum absolute atomic E-state index is 11.6. The van der Waals surface area contributed by atoms with Crippen molar-refractivity contribution in [1.82, 2.24) is 0 Å². The molecule has 1 aromatic carbocycles. The summed E-state index contributed by atoms with van der Waals surface area (Å²) in [7, 11) is 0. The predicted molar refractivity (Wildman–Crippen MR) is 63.2 cm³/mol. The average Bonchev–Trinajstić information content (AvgIpc) is 2.22. The molecule has 1 rings (SSSR count). The van der Waals surface area contributed by atoms with E-state index in [1.54, 1.807) is 19.1 Å². The van der Waals surface area contributed by atoms with Gasteiger partial charge in [0.25, 0.3) is 0 Å². The first-order valence-electron chi connectivity index (χ1n) is 4.22. The van der Waals surface area contributed by atoms with Crippen LogP contribution in [0.1, 0.15) is 27.6 Å². The zero-order chi connectivity index (χ0) is 11.4. The Morgan fingerprint density at radius 2 is 2.13 bits per heavy atom. The lowest BCUT2D eigenvalue weighted by molar-refractivity contribution is 0.0523. The quantitative estimate of drug-likeness (QED) is 0.629. The van der Waals surface area contributed by atoms with Crippen molar-refractivity contribution in [2.45, 2.75) is 6.92 Å². The number of esters is 1. The van der Waals surface area contributed by atoms with E-state index in [-0.39, 0.29) is 12.2 Å². The molecule has 0 aliphatic carbocycles. The van der Waals surface area contributed by atoms with E-state index in [9.17, 15) is 9.59 Å². The first kappa shape index (κ1) is 12.4. The smallest absolute Gasteiger partial charge is 0.340 e. The van der Waals surface area contributed by atoms with Gasteiger partial charge in [-0.3, -0.25) is 4.79 Å². The molecule has 0 aliphatic rings. The molecule has 0 radical (unpaired) electrons. The summed E-state index contributed by atoms with van der Waals surface area (Å²) in [6, 6.07) is 3.25. The van der Waals surface area contributed by atoms with Crippen LogP contribution in [0.25, 0.3) is 0 Å². The van der Waals surface area contributed by atoms with Gasteiger partial charge < -0.3 is 4.74 Å². The molecule has 0 fully saturated rings. The minimum Gasteiger partial charge on any atom is -0.462 e. The van der Waals surface area contributed by atoms with E-state index in [4.69, 9.17) is 4.74 Å². The van der Waals surface area contributed by atoms with Gasteiger partial charge in [-0.1, -0.05) is 0 Å². The Hall–Kier alpha value is -0.680. The lowest BCUT2D eigenvalue weighted by Crippen LogP contribution is -2.09. The van der Waals surface area contributed by atoms with Crippen LogP contribution in [0.5, 0.6) is 0 Å². The van der Waals surface area contributed by atoms with Gasteiger partial charge in [-0.2, -0.15) is 0 Å². The van der Waals surface area contributed by atoms with Crippen LogP contribution in [0.2, 0.25) is 0 Å². The van der Waals surface area contributed by atoms with Gasteiger partial charge >= 0.3 is 5.97 Å². The summed E-state index contributed by atoms with van der Waals surface area (Å²) in [5.41, 5.74) is 0.560. The van der Waals surface area contributed by atoms with Gasteiger partial charge in [-0.05, 0) is 50.9 Å². The fourth-order valence-electron chi connectivity index (χ4n) is 1.07. The van der Waals surface area contributed by atoms with E-state index in [0.717, 1.165) is 0 Å². The molecule has 5 heteroatoms. The van der Waals surface area contributed by atoms with Crippen molar-refractivity contribution in [2.75, 3.05) is 6.61 Å². The standard InChI is InChI=1S/C10H8Br2O3/c1-2-15-10(14)8-6(5-13)3-4-7(11)9(8)12/h3-5H,2H2,1H3. The molecule has 0 saturated heterocycles. The number of halogens is 2. The number of hydrogen-bond acceptors (Lipinski definition) is 3. The maximum atomic E-state index is 11.6. The normalized spacial score (nSPS) is 9.80. The zero-order valence-electron chi connectivity index (χ0n) is 7.92. The number of ether oxygens (including phenoxy) is 1. The third-order valence-corrected chi connectivity index (χ3v) is 3.75. The molecule has 0 N–H and O–H groups in total. The molecule has 1 aromatic rings. The van der Waals surface area contributed by atoms with E-state index in [1.807, 2.05) is 0 Å². The number of benzene rings is 1. The highest BCUT2D eigenvalue weighted by Crippen LogP contribution is 2.29. The van der Waals surface area contributed by atoms with Gasteiger partial charge in [0.05, 0.1) is 12.2 Å². The molecule has 0 aromatic heterocycles. The minimum absolute atomic E-state index is 0.251. The van der Waals surface area contributed by atoms with Crippen molar-refractivity contribution in [1.29, 1.82) is 0 Å². The SMILES string of the molecule is CCOC(=O)c1c(C=O)ccc(Br)c1Br. The number of carbonyl (C=O) groups is 2. The second-order valence-electron chi connectivity index (χ2n) is 2.66. The number of aldehydes is 1. The van der Waals surface area contributed by atoms with Crippen LogP contribution in [0.15, 0.2) is 21.1 Å². The zero-order valence-corrected chi connectivity index (χ0v) is 11.1. The van der Waals surface area contributed by atoms with Gasteiger partial charge in [0.2, 0.25) is 0 Å². The Kier molecular flexibility index (Phi) is 4.47. The fourth-order valence-corrected chi connectivity index (χ4v) is 1.93. The van der Waals surface area contributed by atoms with E-state index < -0.39 is 5.97 Å². The van der Waals surface area contributed by atoms with Crippen molar-refractivity contribution < 1.29 is 14.3 Å². The predicted octanol–water partition coefficient (Wildman–Crippen LogP) is 3.20. The molecule has 80 valence electrons. The molecule has 0 heterocycles. The number of rotatable bonds is 3. The Labute approximate surface area is 104 Å². The van der Waals surface area contributed by atoms with Crippen LogP contribution in [0.3, 0.4) is 0 Å². The van der Waals surface area contributed by atoms with E-state index in [2.05, 4.69) is 31.9 Å². The summed E-state index contributed by atoms with van der Waals surface area (Å²) in [4.78, 5) is 22.3. The number of hydrogen-bond donors (Lipinski definition) is 0. The summed E-state index contributed by atoms with van der Waals surface area (Å²) in [5, 5.41) is 0. The summed E-state index contributed by atoms with van der Waals surface area (Å²) in [6.45, 7) is 1.99. The third-order valence-electron chi connectivity index (χ3n) is 1.73. The van der Waals surface area contributed by atoms with Crippen LogP contribution in [-0.4, -0.2) is 18.9 Å². The highest BCUT2D eigenvalue weighted by molar-refractivity contribution is 9.13. The van der Waals surface area contributed by atoms with E-state index >= 15 is 0 Å². The van der Waals surface area contributed by atoms with Gasteiger partial charge in [-0.15, -0.1) is 0 Å². The summed E-state index contributed by atoms with van der Waals surface area (Å²) >= 11 is 6.49. The van der Waals surface area contributed by atoms with Crippen LogP contribution in [0, 0.1) is 0 Å². The summed E-state index contributed by atoms with van der Waals surface area (Å²) < 4.78 is 6.10. The molecule has 0 saturated carbocycles. The molecule has 0 amide bonds. The van der Waals surface area contributed by atoms with Crippen molar-refractivity contribution in [2.24, 2.45) is 0 Å². The van der Waals surface area contributed by atoms with Crippen LogP contribution >= 0.6 is 31.9 Å². The molecule has 0 aliphatic heterocycles. The van der Waals surface area contributed by atoms with E-state index in [1.165, 1.54) is 0 Å². The maximum Gasteiger partial charge on any atom is 0.340 e. The van der Waals surface area contributed by atoms with Crippen LogP contribution in [0.4, 0.5) is 0 Å². The monoisotopic (exact) mass is 334 g/mol. The third kappa shape index (κ3) is 2.66.